The highest BCUT2D eigenvalue weighted by Crippen LogP contribution is 2.17. The van der Waals surface area contributed by atoms with Crippen molar-refractivity contribution in [2.75, 3.05) is 11.9 Å². The van der Waals surface area contributed by atoms with Crippen LogP contribution < -0.4 is 10.2 Å². The van der Waals surface area contributed by atoms with Crippen LogP contribution in [0.1, 0.15) is 64.2 Å². The van der Waals surface area contributed by atoms with Crippen molar-refractivity contribution in [3.63, 3.8) is 0 Å². The lowest BCUT2D eigenvalue weighted by Crippen LogP contribution is -2.35. The van der Waals surface area contributed by atoms with E-state index in [1.165, 1.54) is 32.1 Å². The zero-order valence-corrected chi connectivity index (χ0v) is 14.8. The molecule has 132 valence electrons. The Morgan fingerprint density at radius 3 is 2.29 bits per heavy atom. The summed E-state index contributed by atoms with van der Waals surface area (Å²) in [5.41, 5.74) is 0.890. The Kier molecular flexibility index (Phi) is 7.80. The van der Waals surface area contributed by atoms with Gasteiger partial charge in [-0.25, -0.2) is 0 Å². The Labute approximate surface area is 145 Å². The van der Waals surface area contributed by atoms with Crippen LogP contribution in [-0.4, -0.2) is 24.9 Å². The predicted molar refractivity (Wildman–Crippen MR) is 98.0 cm³/mol. The molecule has 1 saturated carbocycles. The Morgan fingerprint density at radius 2 is 1.62 bits per heavy atom. The summed E-state index contributed by atoms with van der Waals surface area (Å²) < 4.78 is 0. The quantitative estimate of drug-likeness (QED) is 0.855. The molecule has 1 aliphatic carbocycles. The smallest absolute Gasteiger partial charge is 0.226 e. The first-order valence-corrected chi connectivity index (χ1v) is 9.28. The van der Waals surface area contributed by atoms with Gasteiger partial charge in [-0.15, -0.1) is 0 Å². The fourth-order valence-electron chi connectivity index (χ4n) is 3.26. The molecule has 0 aromatic heterocycles. The second-order valence-corrected chi connectivity index (χ2v) is 6.75. The first-order valence-electron chi connectivity index (χ1n) is 9.28. The molecule has 4 nitrogen and oxygen atoms in total. The number of hydrogen-bond acceptors (Lipinski definition) is 2. The number of para-hydroxylation sites is 1. The number of nitrogens with zero attached hydrogens (tertiary/aromatic N) is 1. The Hall–Kier alpha value is -1.84. The number of nitrogens with one attached hydrogen (secondary N) is 1. The van der Waals surface area contributed by atoms with Gasteiger partial charge in [0.15, 0.2) is 0 Å². The minimum atomic E-state index is 0.0555. The Bertz CT molecular complexity index is 508. The highest BCUT2D eigenvalue weighted by Gasteiger charge is 2.15. The minimum absolute atomic E-state index is 0.0555. The lowest BCUT2D eigenvalue weighted by atomic mass is 9.96. The number of carbonyl (C=O) groups is 2. The maximum atomic E-state index is 12.2. The third-order valence-corrected chi connectivity index (χ3v) is 4.78. The van der Waals surface area contributed by atoms with E-state index in [0.29, 0.717) is 25.3 Å². The molecule has 0 aliphatic heterocycles. The van der Waals surface area contributed by atoms with Crippen molar-refractivity contribution < 1.29 is 9.59 Å². The van der Waals surface area contributed by atoms with Crippen LogP contribution in [-0.2, 0) is 9.59 Å². The molecule has 1 aromatic rings. The molecule has 1 fully saturated rings. The van der Waals surface area contributed by atoms with E-state index in [-0.39, 0.29) is 11.8 Å². The van der Waals surface area contributed by atoms with E-state index in [0.717, 1.165) is 18.5 Å². The second-order valence-electron chi connectivity index (χ2n) is 6.75. The highest BCUT2D eigenvalue weighted by atomic mass is 16.2. The molecule has 4 heteroatoms. The van der Waals surface area contributed by atoms with Crippen molar-refractivity contribution in [2.24, 2.45) is 0 Å². The average molecular weight is 330 g/mol. The molecule has 2 amide bonds. The van der Waals surface area contributed by atoms with E-state index in [2.05, 4.69) is 5.32 Å². The molecule has 0 bridgehead atoms. The maximum absolute atomic E-state index is 12.2. The van der Waals surface area contributed by atoms with Gasteiger partial charge in [0.2, 0.25) is 11.8 Å². The van der Waals surface area contributed by atoms with Crippen LogP contribution in [0.5, 0.6) is 0 Å². The van der Waals surface area contributed by atoms with Gasteiger partial charge >= 0.3 is 0 Å². The standard InChI is InChI=1S/C20H30N2O2/c1-22(18-13-8-5-9-14-18)20(24)16-10-15-19(23)21-17-11-6-3-2-4-7-12-17/h5,8-9,13-14,17H,2-4,6-7,10-12,15-16H2,1H3,(H,21,23). The molecule has 0 unspecified atom stereocenters. The molecular formula is C20H30N2O2. The van der Waals surface area contributed by atoms with Crippen LogP contribution >= 0.6 is 0 Å². The van der Waals surface area contributed by atoms with Crippen LogP contribution in [0.25, 0.3) is 0 Å². The van der Waals surface area contributed by atoms with Crippen LogP contribution in [0.4, 0.5) is 5.69 Å². The summed E-state index contributed by atoms with van der Waals surface area (Å²) in [6.07, 6.45) is 9.97. The second kappa shape index (κ2) is 10.1. The molecule has 0 spiro atoms. The fourth-order valence-corrected chi connectivity index (χ4v) is 3.26. The molecule has 24 heavy (non-hydrogen) atoms. The SMILES string of the molecule is CN(C(=O)CCCC(=O)NC1CCCCCCC1)c1ccccc1. The lowest BCUT2D eigenvalue weighted by molar-refractivity contribution is -0.122. The summed E-state index contributed by atoms with van der Waals surface area (Å²) in [5.74, 6) is 0.149. The molecule has 1 aliphatic rings. The topological polar surface area (TPSA) is 49.4 Å². The van der Waals surface area contributed by atoms with Crippen LogP contribution in [0.15, 0.2) is 30.3 Å². The van der Waals surface area contributed by atoms with Crippen LogP contribution in [0, 0.1) is 0 Å². The van der Waals surface area contributed by atoms with Crippen molar-refractivity contribution in [2.45, 2.75) is 70.3 Å². The summed E-state index contributed by atoms with van der Waals surface area (Å²) in [7, 11) is 1.78. The molecule has 0 heterocycles. The third-order valence-electron chi connectivity index (χ3n) is 4.78. The maximum Gasteiger partial charge on any atom is 0.226 e. The van der Waals surface area contributed by atoms with Gasteiger partial charge in [-0.1, -0.05) is 50.3 Å². The van der Waals surface area contributed by atoms with Gasteiger partial charge in [0.25, 0.3) is 0 Å². The van der Waals surface area contributed by atoms with Gasteiger partial charge in [-0.05, 0) is 31.4 Å². The minimum Gasteiger partial charge on any atom is -0.353 e. The van der Waals surface area contributed by atoms with E-state index in [4.69, 9.17) is 0 Å². The molecule has 1 N–H and O–H groups in total. The number of carbonyl (C=O) groups excluding carboxylic acids is 2. The fraction of sp³-hybridized carbons (Fsp3) is 0.600. The van der Waals surface area contributed by atoms with Gasteiger partial charge in [0, 0.05) is 31.6 Å². The highest BCUT2D eigenvalue weighted by molar-refractivity contribution is 5.92. The molecular weight excluding hydrogens is 300 g/mol. The van der Waals surface area contributed by atoms with Gasteiger partial charge in [-0.3, -0.25) is 9.59 Å². The Morgan fingerprint density at radius 1 is 1.00 bits per heavy atom. The van der Waals surface area contributed by atoms with Gasteiger partial charge in [-0.2, -0.15) is 0 Å². The number of amides is 2. The van der Waals surface area contributed by atoms with E-state index in [1.807, 2.05) is 30.3 Å². The zero-order chi connectivity index (χ0) is 17.2. The van der Waals surface area contributed by atoms with E-state index in [1.54, 1.807) is 11.9 Å². The molecule has 0 atom stereocenters. The van der Waals surface area contributed by atoms with Crippen molar-refractivity contribution in [1.82, 2.24) is 5.32 Å². The van der Waals surface area contributed by atoms with Crippen molar-refractivity contribution in [3.05, 3.63) is 30.3 Å². The van der Waals surface area contributed by atoms with E-state index < -0.39 is 0 Å². The number of benzene rings is 1. The third kappa shape index (κ3) is 6.34. The summed E-state index contributed by atoms with van der Waals surface area (Å²) in [5, 5.41) is 3.16. The summed E-state index contributed by atoms with van der Waals surface area (Å²) >= 11 is 0. The predicted octanol–water partition coefficient (Wildman–Crippen LogP) is 4.05. The van der Waals surface area contributed by atoms with E-state index >= 15 is 0 Å². The molecule has 0 saturated heterocycles. The van der Waals surface area contributed by atoms with Crippen LogP contribution in [0.3, 0.4) is 0 Å². The number of hydrogen-bond donors (Lipinski definition) is 1. The van der Waals surface area contributed by atoms with Gasteiger partial charge in [0.1, 0.15) is 0 Å². The van der Waals surface area contributed by atoms with Crippen LogP contribution in [0.2, 0.25) is 0 Å². The summed E-state index contributed by atoms with van der Waals surface area (Å²) in [4.78, 5) is 25.9. The molecule has 2 rings (SSSR count). The first kappa shape index (κ1) is 18.5. The normalized spacial score (nSPS) is 16.0. The monoisotopic (exact) mass is 330 g/mol. The van der Waals surface area contributed by atoms with Crippen molar-refractivity contribution in [1.29, 1.82) is 0 Å². The van der Waals surface area contributed by atoms with Crippen molar-refractivity contribution in [3.8, 4) is 0 Å². The van der Waals surface area contributed by atoms with Gasteiger partial charge < -0.3 is 10.2 Å². The zero-order valence-electron chi connectivity index (χ0n) is 14.8. The average Bonchev–Trinajstić information content (AvgIpc) is 2.57. The van der Waals surface area contributed by atoms with Crippen molar-refractivity contribution >= 4 is 17.5 Å². The first-order chi connectivity index (χ1) is 11.7. The van der Waals surface area contributed by atoms with E-state index in [9.17, 15) is 9.59 Å². The summed E-state index contributed by atoms with van der Waals surface area (Å²) in [6, 6.07) is 9.93. The molecule has 0 radical (unpaired) electrons. The summed E-state index contributed by atoms with van der Waals surface area (Å²) in [6.45, 7) is 0. The molecule has 1 aromatic carbocycles. The number of rotatable bonds is 6. The number of anilines is 1. The Balaban J connectivity index is 1.67. The largest absolute Gasteiger partial charge is 0.353 e. The lowest BCUT2D eigenvalue weighted by Gasteiger charge is -2.21. The van der Waals surface area contributed by atoms with Gasteiger partial charge in [0.05, 0.1) is 0 Å².